The summed E-state index contributed by atoms with van der Waals surface area (Å²) in [6.07, 6.45) is 2.17. The van der Waals surface area contributed by atoms with Crippen LogP contribution in [0.15, 0.2) is 0 Å². The van der Waals surface area contributed by atoms with E-state index >= 15 is 0 Å². The molecule has 102 valence electrons. The third kappa shape index (κ3) is 2.56. The van der Waals surface area contributed by atoms with Crippen LogP contribution in [0.4, 0.5) is 0 Å². The van der Waals surface area contributed by atoms with Gasteiger partial charge in [-0.3, -0.25) is 4.68 Å². The van der Waals surface area contributed by atoms with Crippen LogP contribution in [-0.4, -0.2) is 33.7 Å². The molecule has 4 nitrogen and oxygen atoms in total. The highest BCUT2D eigenvalue weighted by Crippen LogP contribution is 2.30. The normalized spacial score (nSPS) is 25.6. The minimum absolute atomic E-state index is 0.174. The highest BCUT2D eigenvalue weighted by Gasteiger charge is 2.33. The highest BCUT2D eigenvalue weighted by atomic mass is 35.5. The first-order chi connectivity index (χ1) is 8.54. The SMILES string of the molecule is CCC1OCCC1C(O)Cc1c(Cl)c(C)nn1C. The van der Waals surface area contributed by atoms with E-state index in [1.165, 1.54) is 0 Å². The van der Waals surface area contributed by atoms with Crippen LogP contribution in [0.2, 0.25) is 5.02 Å². The Kier molecular flexibility index (Phi) is 4.30. The van der Waals surface area contributed by atoms with Crippen LogP contribution in [0.3, 0.4) is 0 Å². The maximum absolute atomic E-state index is 10.4. The van der Waals surface area contributed by atoms with Gasteiger partial charge in [-0.2, -0.15) is 5.10 Å². The lowest BCUT2D eigenvalue weighted by atomic mass is 9.90. The standard InChI is InChI=1S/C13H21ClN2O2/c1-4-12-9(5-6-18-12)11(17)7-10-13(14)8(2)15-16(10)3/h9,11-12,17H,4-7H2,1-3H3. The van der Waals surface area contributed by atoms with E-state index in [0.717, 1.165) is 30.8 Å². The maximum Gasteiger partial charge on any atom is 0.0847 e. The van der Waals surface area contributed by atoms with E-state index in [4.69, 9.17) is 16.3 Å². The van der Waals surface area contributed by atoms with Crippen molar-refractivity contribution < 1.29 is 9.84 Å². The number of aliphatic hydroxyl groups is 1. The summed E-state index contributed by atoms with van der Waals surface area (Å²) in [6, 6.07) is 0. The van der Waals surface area contributed by atoms with Gasteiger partial charge in [0.25, 0.3) is 0 Å². The van der Waals surface area contributed by atoms with Gasteiger partial charge in [0.15, 0.2) is 0 Å². The average Bonchev–Trinajstić information content (AvgIpc) is 2.90. The highest BCUT2D eigenvalue weighted by molar-refractivity contribution is 6.31. The van der Waals surface area contributed by atoms with Crippen molar-refractivity contribution in [2.24, 2.45) is 13.0 Å². The molecule has 18 heavy (non-hydrogen) atoms. The molecule has 1 aliphatic heterocycles. The second-order valence-corrected chi connectivity index (χ2v) is 5.39. The number of aromatic nitrogens is 2. The Morgan fingerprint density at radius 1 is 1.61 bits per heavy atom. The van der Waals surface area contributed by atoms with Crippen LogP contribution in [0.5, 0.6) is 0 Å². The molecule has 0 spiro atoms. The zero-order chi connectivity index (χ0) is 13.3. The molecule has 0 amide bonds. The number of hydrogen-bond donors (Lipinski definition) is 1. The molecule has 1 aromatic heterocycles. The second-order valence-electron chi connectivity index (χ2n) is 5.01. The molecule has 0 aromatic carbocycles. The molecule has 0 aliphatic carbocycles. The van der Waals surface area contributed by atoms with Crippen LogP contribution in [0, 0.1) is 12.8 Å². The number of nitrogens with zero attached hydrogens (tertiary/aromatic N) is 2. The second kappa shape index (κ2) is 5.59. The predicted molar refractivity (Wildman–Crippen MR) is 70.8 cm³/mol. The van der Waals surface area contributed by atoms with Crippen molar-refractivity contribution in [3.05, 3.63) is 16.4 Å². The van der Waals surface area contributed by atoms with Crippen LogP contribution < -0.4 is 0 Å². The maximum atomic E-state index is 10.4. The van der Waals surface area contributed by atoms with Crippen LogP contribution in [0.1, 0.15) is 31.2 Å². The first-order valence-corrected chi connectivity index (χ1v) is 6.90. The zero-order valence-corrected chi connectivity index (χ0v) is 11.9. The number of aryl methyl sites for hydroxylation is 2. The Bertz CT molecular complexity index is 419. The fraction of sp³-hybridized carbons (Fsp3) is 0.769. The first-order valence-electron chi connectivity index (χ1n) is 6.52. The molecule has 2 rings (SSSR count). The Morgan fingerprint density at radius 3 is 2.89 bits per heavy atom. The smallest absolute Gasteiger partial charge is 0.0847 e. The lowest BCUT2D eigenvalue weighted by Crippen LogP contribution is -2.30. The molecule has 2 heterocycles. The minimum atomic E-state index is -0.412. The molecule has 1 aliphatic rings. The average molecular weight is 273 g/mol. The first kappa shape index (κ1) is 13.8. The Hall–Kier alpha value is -0.580. The van der Waals surface area contributed by atoms with E-state index in [1.807, 2.05) is 14.0 Å². The molecule has 0 bridgehead atoms. The molecule has 3 unspecified atom stereocenters. The third-order valence-electron chi connectivity index (χ3n) is 3.82. The van der Waals surface area contributed by atoms with Gasteiger partial charge in [-0.25, -0.2) is 0 Å². The molecular weight excluding hydrogens is 252 g/mol. The largest absolute Gasteiger partial charge is 0.392 e. The van der Waals surface area contributed by atoms with Crippen molar-refractivity contribution in [2.75, 3.05) is 6.61 Å². The van der Waals surface area contributed by atoms with Crippen LogP contribution in [0.25, 0.3) is 0 Å². The van der Waals surface area contributed by atoms with Gasteiger partial charge < -0.3 is 9.84 Å². The monoisotopic (exact) mass is 272 g/mol. The molecule has 5 heteroatoms. The Morgan fingerprint density at radius 2 is 2.33 bits per heavy atom. The van der Waals surface area contributed by atoms with Gasteiger partial charge in [0.2, 0.25) is 0 Å². The number of aliphatic hydroxyl groups excluding tert-OH is 1. The van der Waals surface area contributed by atoms with Crippen molar-refractivity contribution in [3.63, 3.8) is 0 Å². The minimum Gasteiger partial charge on any atom is -0.392 e. The van der Waals surface area contributed by atoms with Crippen LogP contribution in [-0.2, 0) is 18.2 Å². The number of hydrogen-bond acceptors (Lipinski definition) is 3. The summed E-state index contributed by atoms with van der Waals surface area (Å²) in [6.45, 7) is 4.72. The van der Waals surface area contributed by atoms with E-state index in [0.29, 0.717) is 11.4 Å². The quantitative estimate of drug-likeness (QED) is 0.913. The molecule has 1 aromatic rings. The summed E-state index contributed by atoms with van der Waals surface area (Å²) >= 11 is 6.21. The van der Waals surface area contributed by atoms with Gasteiger partial charge >= 0.3 is 0 Å². The fourth-order valence-electron chi connectivity index (χ4n) is 2.78. The van der Waals surface area contributed by atoms with Gasteiger partial charge in [0.05, 0.1) is 28.6 Å². The summed E-state index contributed by atoms with van der Waals surface area (Å²) in [5.74, 6) is 0.210. The summed E-state index contributed by atoms with van der Waals surface area (Å²) in [5.41, 5.74) is 1.72. The van der Waals surface area contributed by atoms with Crippen molar-refractivity contribution in [2.45, 2.75) is 45.3 Å². The lowest BCUT2D eigenvalue weighted by Gasteiger charge is -2.22. The number of rotatable bonds is 4. The Labute approximate surface area is 113 Å². The van der Waals surface area contributed by atoms with E-state index in [9.17, 15) is 5.11 Å². The van der Waals surface area contributed by atoms with E-state index in [1.54, 1.807) is 4.68 Å². The van der Waals surface area contributed by atoms with E-state index in [2.05, 4.69) is 12.0 Å². The molecule has 1 saturated heterocycles. The van der Waals surface area contributed by atoms with E-state index in [-0.39, 0.29) is 12.0 Å². The fourth-order valence-corrected chi connectivity index (χ4v) is 3.01. The van der Waals surface area contributed by atoms with Crippen molar-refractivity contribution in [1.82, 2.24) is 9.78 Å². The van der Waals surface area contributed by atoms with Crippen LogP contribution >= 0.6 is 11.6 Å². The van der Waals surface area contributed by atoms with Gasteiger partial charge in [0.1, 0.15) is 0 Å². The van der Waals surface area contributed by atoms with Gasteiger partial charge in [-0.1, -0.05) is 18.5 Å². The summed E-state index contributed by atoms with van der Waals surface area (Å²) in [5, 5.41) is 15.3. The van der Waals surface area contributed by atoms with Crippen molar-refractivity contribution >= 4 is 11.6 Å². The molecule has 1 N–H and O–H groups in total. The van der Waals surface area contributed by atoms with E-state index < -0.39 is 6.10 Å². The summed E-state index contributed by atoms with van der Waals surface area (Å²) in [7, 11) is 1.86. The topological polar surface area (TPSA) is 47.3 Å². The molecule has 1 fully saturated rings. The van der Waals surface area contributed by atoms with Crippen molar-refractivity contribution in [1.29, 1.82) is 0 Å². The number of halogens is 1. The summed E-state index contributed by atoms with van der Waals surface area (Å²) in [4.78, 5) is 0. The molecule has 3 atom stereocenters. The predicted octanol–water partition coefficient (Wildman–Crippen LogP) is 2.10. The lowest BCUT2D eigenvalue weighted by molar-refractivity contribution is 0.0310. The summed E-state index contributed by atoms with van der Waals surface area (Å²) < 4.78 is 7.39. The molecule has 0 saturated carbocycles. The molecular formula is C13H21ClN2O2. The zero-order valence-electron chi connectivity index (χ0n) is 11.2. The third-order valence-corrected chi connectivity index (χ3v) is 4.31. The van der Waals surface area contributed by atoms with Gasteiger partial charge in [0, 0.05) is 26.0 Å². The molecule has 0 radical (unpaired) electrons. The van der Waals surface area contributed by atoms with Gasteiger partial charge in [-0.15, -0.1) is 0 Å². The van der Waals surface area contributed by atoms with Crippen molar-refractivity contribution in [3.8, 4) is 0 Å². The number of ether oxygens (including phenoxy) is 1. The Balaban J connectivity index is 2.09. The van der Waals surface area contributed by atoms with Gasteiger partial charge in [-0.05, 0) is 19.8 Å².